The second kappa shape index (κ2) is 5.81. The molecule has 4 N–H and O–H groups in total. The molecule has 0 saturated heterocycles. The number of nitrogen functional groups attached to an aromatic ring is 1. The lowest BCUT2D eigenvalue weighted by Gasteiger charge is -2.16. The minimum Gasteiger partial charge on any atom is -0.394 e. The number of carbonyl (C=O) groups excluding carboxylic acids is 1. The molecule has 1 unspecified atom stereocenters. The molecule has 0 spiro atoms. The third-order valence-corrected chi connectivity index (χ3v) is 3.69. The summed E-state index contributed by atoms with van der Waals surface area (Å²) in [6.45, 7) is 1.57. The second-order valence-electron chi connectivity index (χ2n) is 4.09. The van der Waals surface area contributed by atoms with Gasteiger partial charge in [-0.25, -0.2) is 4.98 Å². The maximum atomic E-state index is 12.1. The highest BCUT2D eigenvalue weighted by atomic mass is 32.1. The van der Waals surface area contributed by atoms with Crippen LogP contribution < -0.4 is 11.1 Å². The van der Waals surface area contributed by atoms with E-state index in [1.165, 1.54) is 0 Å². The molecule has 0 fully saturated rings. The zero-order chi connectivity index (χ0) is 13.8. The Labute approximate surface area is 115 Å². The summed E-state index contributed by atoms with van der Waals surface area (Å²) in [6.07, 6.45) is 0. The smallest absolute Gasteiger partial charge is 0.263 e. The lowest BCUT2D eigenvalue weighted by molar-refractivity contribution is 0.0919. The van der Waals surface area contributed by atoms with Crippen molar-refractivity contribution < 1.29 is 9.90 Å². The first-order chi connectivity index (χ1) is 9.11. The number of thiazole rings is 1. The Kier molecular flexibility index (Phi) is 4.13. The SMILES string of the molecule is Cc1nc(N)sc1C(=O)NC(CO)c1ccccc1. The summed E-state index contributed by atoms with van der Waals surface area (Å²) in [7, 11) is 0. The van der Waals surface area contributed by atoms with Crippen LogP contribution in [-0.2, 0) is 0 Å². The number of hydrogen-bond donors (Lipinski definition) is 3. The van der Waals surface area contributed by atoms with Crippen LogP contribution in [0.3, 0.4) is 0 Å². The molecule has 5 nitrogen and oxygen atoms in total. The van der Waals surface area contributed by atoms with E-state index < -0.39 is 6.04 Å². The Morgan fingerprint density at radius 1 is 1.47 bits per heavy atom. The van der Waals surface area contributed by atoms with E-state index in [1.54, 1.807) is 6.92 Å². The number of rotatable bonds is 4. The molecule has 19 heavy (non-hydrogen) atoms. The first-order valence-electron chi connectivity index (χ1n) is 5.81. The van der Waals surface area contributed by atoms with Crippen LogP contribution in [0.1, 0.15) is 27.0 Å². The summed E-state index contributed by atoms with van der Waals surface area (Å²) in [6, 6.07) is 8.88. The van der Waals surface area contributed by atoms with Crippen molar-refractivity contribution in [2.45, 2.75) is 13.0 Å². The number of aliphatic hydroxyl groups excluding tert-OH is 1. The normalized spacial score (nSPS) is 12.1. The zero-order valence-electron chi connectivity index (χ0n) is 10.5. The Balaban J connectivity index is 2.15. The van der Waals surface area contributed by atoms with E-state index >= 15 is 0 Å². The number of amides is 1. The van der Waals surface area contributed by atoms with Crippen LogP contribution in [-0.4, -0.2) is 22.6 Å². The molecular weight excluding hydrogens is 262 g/mol. The highest BCUT2D eigenvalue weighted by Crippen LogP contribution is 2.21. The molecule has 6 heteroatoms. The predicted octanol–water partition coefficient (Wildman–Crippen LogP) is 1.50. The molecule has 1 heterocycles. The fourth-order valence-electron chi connectivity index (χ4n) is 1.77. The summed E-state index contributed by atoms with van der Waals surface area (Å²) in [5.41, 5.74) is 7.03. The molecule has 0 radical (unpaired) electrons. The van der Waals surface area contributed by atoms with Crippen LogP contribution in [0.4, 0.5) is 5.13 Å². The molecule has 1 amide bonds. The Bertz CT molecular complexity index is 569. The van der Waals surface area contributed by atoms with E-state index in [0.29, 0.717) is 15.7 Å². The molecule has 0 aliphatic carbocycles. The molecule has 1 atom stereocenters. The summed E-state index contributed by atoms with van der Waals surface area (Å²) in [5, 5.41) is 12.5. The molecule has 2 aromatic rings. The number of carbonyl (C=O) groups is 1. The lowest BCUT2D eigenvalue weighted by Crippen LogP contribution is -2.30. The molecule has 0 aliphatic rings. The number of aryl methyl sites for hydroxylation is 1. The zero-order valence-corrected chi connectivity index (χ0v) is 11.3. The van der Waals surface area contributed by atoms with E-state index in [-0.39, 0.29) is 12.5 Å². The number of nitrogens with two attached hydrogens (primary N) is 1. The molecule has 2 rings (SSSR count). The van der Waals surface area contributed by atoms with Gasteiger partial charge in [0.25, 0.3) is 5.91 Å². The molecular formula is C13H15N3O2S. The van der Waals surface area contributed by atoms with Crippen LogP contribution in [0.25, 0.3) is 0 Å². The lowest BCUT2D eigenvalue weighted by atomic mass is 10.1. The highest BCUT2D eigenvalue weighted by Gasteiger charge is 2.18. The maximum Gasteiger partial charge on any atom is 0.263 e. The molecule has 0 bridgehead atoms. The van der Waals surface area contributed by atoms with Crippen molar-refractivity contribution in [1.29, 1.82) is 0 Å². The standard InChI is InChI=1S/C13H15N3O2S/c1-8-11(19-13(14)15-8)12(18)16-10(7-17)9-5-3-2-4-6-9/h2-6,10,17H,7H2,1H3,(H2,14,15)(H,16,18). The van der Waals surface area contributed by atoms with Gasteiger partial charge in [0.05, 0.1) is 18.3 Å². The quantitative estimate of drug-likeness (QED) is 0.790. The van der Waals surface area contributed by atoms with Gasteiger partial charge in [0.1, 0.15) is 4.88 Å². The number of anilines is 1. The van der Waals surface area contributed by atoms with Gasteiger partial charge in [-0.3, -0.25) is 4.79 Å². The number of nitrogens with one attached hydrogen (secondary N) is 1. The first-order valence-corrected chi connectivity index (χ1v) is 6.63. The minimum absolute atomic E-state index is 0.164. The van der Waals surface area contributed by atoms with Gasteiger partial charge in [0, 0.05) is 0 Å². The predicted molar refractivity (Wildman–Crippen MR) is 75.0 cm³/mol. The molecule has 0 saturated carbocycles. The van der Waals surface area contributed by atoms with Gasteiger partial charge in [-0.2, -0.15) is 0 Å². The number of aromatic nitrogens is 1. The van der Waals surface area contributed by atoms with Gasteiger partial charge in [0.2, 0.25) is 0 Å². The van der Waals surface area contributed by atoms with Crippen molar-refractivity contribution in [2.75, 3.05) is 12.3 Å². The van der Waals surface area contributed by atoms with Crippen molar-refractivity contribution in [3.63, 3.8) is 0 Å². The van der Waals surface area contributed by atoms with Crippen molar-refractivity contribution in [1.82, 2.24) is 10.3 Å². The van der Waals surface area contributed by atoms with Gasteiger partial charge >= 0.3 is 0 Å². The highest BCUT2D eigenvalue weighted by molar-refractivity contribution is 7.17. The average molecular weight is 277 g/mol. The van der Waals surface area contributed by atoms with Crippen molar-refractivity contribution in [3.05, 3.63) is 46.5 Å². The van der Waals surface area contributed by atoms with Crippen molar-refractivity contribution in [3.8, 4) is 0 Å². The number of nitrogens with zero attached hydrogens (tertiary/aromatic N) is 1. The monoisotopic (exact) mass is 277 g/mol. The van der Waals surface area contributed by atoms with Crippen LogP contribution in [0.5, 0.6) is 0 Å². The van der Waals surface area contributed by atoms with Crippen LogP contribution in [0.2, 0.25) is 0 Å². The van der Waals surface area contributed by atoms with E-state index in [1.807, 2.05) is 30.3 Å². The molecule has 0 aliphatic heterocycles. The largest absolute Gasteiger partial charge is 0.394 e. The van der Waals surface area contributed by atoms with E-state index in [9.17, 15) is 9.90 Å². The minimum atomic E-state index is -0.434. The van der Waals surface area contributed by atoms with Crippen molar-refractivity contribution >= 4 is 22.4 Å². The fraction of sp³-hybridized carbons (Fsp3) is 0.231. The summed E-state index contributed by atoms with van der Waals surface area (Å²) >= 11 is 1.14. The van der Waals surface area contributed by atoms with Gasteiger partial charge in [0.15, 0.2) is 5.13 Å². The van der Waals surface area contributed by atoms with Crippen LogP contribution >= 0.6 is 11.3 Å². The van der Waals surface area contributed by atoms with Crippen LogP contribution in [0, 0.1) is 6.92 Å². The third-order valence-electron chi connectivity index (χ3n) is 2.71. The maximum absolute atomic E-state index is 12.1. The van der Waals surface area contributed by atoms with Crippen LogP contribution in [0.15, 0.2) is 30.3 Å². The van der Waals surface area contributed by atoms with Gasteiger partial charge in [-0.05, 0) is 12.5 Å². The third kappa shape index (κ3) is 3.10. The second-order valence-corrected chi connectivity index (χ2v) is 5.12. The molecule has 1 aromatic heterocycles. The van der Waals surface area contributed by atoms with E-state index in [4.69, 9.17) is 5.73 Å². The molecule has 100 valence electrons. The van der Waals surface area contributed by atoms with Gasteiger partial charge < -0.3 is 16.2 Å². The number of aliphatic hydroxyl groups is 1. The number of hydrogen-bond acceptors (Lipinski definition) is 5. The topological polar surface area (TPSA) is 88.2 Å². The first kappa shape index (κ1) is 13.5. The molecule has 1 aromatic carbocycles. The van der Waals surface area contributed by atoms with Gasteiger partial charge in [-0.1, -0.05) is 41.7 Å². The van der Waals surface area contributed by atoms with Crippen molar-refractivity contribution in [2.24, 2.45) is 0 Å². The van der Waals surface area contributed by atoms with Gasteiger partial charge in [-0.15, -0.1) is 0 Å². The Morgan fingerprint density at radius 2 is 2.16 bits per heavy atom. The summed E-state index contributed by atoms with van der Waals surface area (Å²) in [4.78, 5) is 16.6. The fourth-order valence-corrected chi connectivity index (χ4v) is 2.51. The van der Waals surface area contributed by atoms with E-state index in [0.717, 1.165) is 16.9 Å². The Hall–Kier alpha value is -1.92. The van der Waals surface area contributed by atoms with E-state index in [2.05, 4.69) is 10.3 Å². The Morgan fingerprint density at radius 3 is 2.68 bits per heavy atom. The number of benzene rings is 1. The summed E-state index contributed by atoms with van der Waals surface area (Å²) < 4.78 is 0. The average Bonchev–Trinajstić information content (AvgIpc) is 2.76. The summed E-state index contributed by atoms with van der Waals surface area (Å²) in [5.74, 6) is -0.269.